The standard InChI is InChI=1S/C21H32N4O2S.C19H32N4O2S.C19H35N3O3S.C19H35N3O2S.C17H31N3O3S/c1-14-18(20(2,3)4)17-11-15(13-25(17)19(23-14)21(5,6)7)24-28(26,27)16-9-8-10-22-12-16;1-13-16(18(2,3)4)15-11-14(23(10-9-20)26(8,24)25)12-22(15)17(21-13)19(5,6)7;1-13-16(18(2,3)4)15-11-14(22(9-10-23)26(8,24)25)12-21(15)17(20-13)19(5,6)7;1-10-22(25(9,23)24)14-11-15-16(18(3,4)5)13(2)20-17(19(6,7)8)21(15)12-14;1-11-14(16(2,3)4)13-9-12(20(21)24(8,22)23)10-19(13)15(18-11)17(5,6)7/h8-10,12,14-15,24H,11,13H2,1-7H3;13-14H,10-12H2,1-8H3;13-14,23H,9-12H2,1-8H3;13-14H,10-12H2,1-9H3;11-12,21H,9-10H2,1-8H3/t14-,15?;3*13-,14-;11-,12-/m00000/s1. The van der Waals surface area contributed by atoms with Gasteiger partial charge in [-0.15, -0.1) is 0 Å². The molecule has 11 rings (SSSR count). The third-order valence-corrected chi connectivity index (χ3v) is 31.4. The number of pyridine rings is 1. The van der Waals surface area contributed by atoms with Gasteiger partial charge in [0.2, 0.25) is 50.1 Å². The van der Waals surface area contributed by atoms with Crippen LogP contribution in [0.5, 0.6) is 0 Å². The van der Waals surface area contributed by atoms with Crippen LogP contribution in [0.25, 0.3) is 0 Å². The highest BCUT2D eigenvalue weighted by molar-refractivity contribution is 7.90. The summed E-state index contributed by atoms with van der Waals surface area (Å²) in [5.74, 6) is 5.09. The van der Waals surface area contributed by atoms with Crippen molar-refractivity contribution in [3.63, 3.8) is 0 Å². The number of amidine groups is 5. The molecule has 0 radical (unpaired) electrons. The summed E-state index contributed by atoms with van der Waals surface area (Å²) in [4.78, 5) is 40.3. The molecule has 5 fully saturated rings. The van der Waals surface area contributed by atoms with E-state index in [9.17, 15) is 52.4 Å². The van der Waals surface area contributed by atoms with Gasteiger partial charge < -0.3 is 29.6 Å². The quantitative estimate of drug-likeness (QED) is 0.108. The molecule has 1 unspecified atom stereocenters. The van der Waals surface area contributed by atoms with Crippen molar-refractivity contribution in [2.45, 2.75) is 347 Å². The topological polar surface area (TPSA) is 351 Å². The second-order valence-electron chi connectivity index (χ2n) is 47.2. The summed E-state index contributed by atoms with van der Waals surface area (Å²) in [6.45, 7) is 80.8. The highest BCUT2D eigenvalue weighted by atomic mass is 32.2. The molecule has 10 aliphatic heterocycles. The third-order valence-electron chi connectivity index (χ3n) is 24.9. The Bertz CT molecular complexity index is 5280. The fourth-order valence-electron chi connectivity index (χ4n) is 21.0. The number of fused-ring (bicyclic) bond motifs is 5. The highest BCUT2D eigenvalue weighted by Gasteiger charge is 2.52. The molecule has 5 saturated heterocycles. The first-order chi connectivity index (χ1) is 58.0. The molecule has 1 aromatic heterocycles. The number of rotatable bonds is 15. The number of nitriles is 1. The molecule has 0 saturated carbocycles. The van der Waals surface area contributed by atoms with Crippen LogP contribution in [-0.2, 0) is 50.1 Å². The molecule has 0 amide bonds. The van der Waals surface area contributed by atoms with E-state index in [1.165, 1.54) is 84.2 Å². The smallest absolute Gasteiger partial charge is 0.242 e. The molecule has 0 aliphatic carbocycles. The number of nitrogens with zero attached hydrogens (tertiary/aromatic N) is 16. The van der Waals surface area contributed by atoms with Crippen molar-refractivity contribution >= 4 is 79.3 Å². The molecule has 29 nitrogen and oxygen atoms in total. The van der Waals surface area contributed by atoms with E-state index in [1.54, 1.807) is 22.6 Å². The SMILES string of the molecule is CCN([C@H]1CC2=C(C(C)(C)C)[C@H](C)N=C(C(C)(C)C)N2C1)S(C)(=O)=O.C[C@@H]1N=C(C(C)(C)C)N2CC(NS(=O)(=O)c3cccnc3)CC2=C1C(C)(C)C.C[C@@H]1N=C(C(C)(C)C)N2C[C@@H](N(CC#N)S(C)(=O)=O)CC2=C1C(C)(C)C.C[C@@H]1N=C(C(C)(C)C)N2C[C@@H](N(CCO)S(C)(=O)=O)CC2=C1C(C)(C)C.C[C@@H]1N=C(C(C)(C)C)N2C[C@@H](N(O)S(C)(=O)=O)CC2=C1C(C)(C)C. The Morgan fingerprint density at radius 2 is 0.659 bits per heavy atom. The second kappa shape index (κ2) is 38.7. The Balaban J connectivity index is 0.000000221. The maximum Gasteiger partial charge on any atom is 0.242 e. The van der Waals surface area contributed by atoms with Crippen LogP contribution in [-0.4, -0.2) is 273 Å². The maximum atomic E-state index is 12.8. The van der Waals surface area contributed by atoms with Gasteiger partial charge >= 0.3 is 0 Å². The molecule has 0 bridgehead atoms. The predicted molar refractivity (Wildman–Crippen MR) is 526 cm³/mol. The van der Waals surface area contributed by atoms with Crippen LogP contribution in [0.15, 0.2) is 111 Å². The number of nitrogens with one attached hydrogen (secondary N) is 1. The van der Waals surface area contributed by atoms with Crippen LogP contribution >= 0.6 is 0 Å². The zero-order valence-corrected chi connectivity index (χ0v) is 90.2. The summed E-state index contributed by atoms with van der Waals surface area (Å²) in [6, 6.07) is 4.52. The van der Waals surface area contributed by atoms with Crippen LogP contribution in [0.1, 0.15) is 281 Å². The average Bonchev–Trinajstić information content (AvgIpc) is 1.62. The van der Waals surface area contributed by atoms with Gasteiger partial charge in [0.15, 0.2) is 0 Å². The van der Waals surface area contributed by atoms with E-state index in [-0.39, 0.29) is 133 Å². The minimum Gasteiger partial charge on any atom is -0.395 e. The molecule has 732 valence electrons. The van der Waals surface area contributed by atoms with Gasteiger partial charge in [0.25, 0.3) is 0 Å². The number of sulfonamides is 5. The summed E-state index contributed by atoms with van der Waals surface area (Å²) >= 11 is 0. The first kappa shape index (κ1) is 110. The molecule has 0 spiro atoms. The van der Waals surface area contributed by atoms with Crippen molar-refractivity contribution < 1.29 is 52.4 Å². The van der Waals surface area contributed by atoms with Gasteiger partial charge in [0.1, 0.15) is 40.6 Å². The number of hydroxylamine groups is 1. The van der Waals surface area contributed by atoms with Crippen LogP contribution in [0.3, 0.4) is 0 Å². The number of aliphatic hydroxyl groups is 1. The minimum atomic E-state index is -3.65. The number of aliphatic hydroxyl groups excluding tert-OH is 1. The molecule has 11 heterocycles. The molecular formula is C95H165N17O12S5. The van der Waals surface area contributed by atoms with Gasteiger partial charge in [-0.05, 0) is 102 Å². The molecular weight excluding hydrogens is 1730 g/mol. The summed E-state index contributed by atoms with van der Waals surface area (Å²) in [6.07, 6.45) is 11.0. The van der Waals surface area contributed by atoms with Crippen molar-refractivity contribution in [1.29, 1.82) is 5.26 Å². The molecule has 3 N–H and O–H groups in total. The summed E-state index contributed by atoms with van der Waals surface area (Å²) in [7, 11) is -17.3. The van der Waals surface area contributed by atoms with Crippen molar-refractivity contribution in [3.05, 3.63) is 80.9 Å². The zero-order valence-electron chi connectivity index (χ0n) is 86.2. The van der Waals surface area contributed by atoms with E-state index in [4.69, 9.17) is 30.2 Å². The largest absolute Gasteiger partial charge is 0.395 e. The molecule has 0 aromatic carbocycles. The van der Waals surface area contributed by atoms with Gasteiger partial charge in [-0.3, -0.25) is 35.2 Å². The first-order valence-corrected chi connectivity index (χ1v) is 54.8. The van der Waals surface area contributed by atoms with Crippen molar-refractivity contribution in [3.8, 4) is 6.07 Å². The Morgan fingerprint density at radius 1 is 0.395 bits per heavy atom. The number of hydrogen-bond donors (Lipinski definition) is 3. The van der Waals surface area contributed by atoms with Gasteiger partial charge in [-0.25, -0.2) is 46.8 Å². The van der Waals surface area contributed by atoms with E-state index in [0.717, 1.165) is 47.6 Å². The van der Waals surface area contributed by atoms with E-state index in [0.29, 0.717) is 69.4 Å². The van der Waals surface area contributed by atoms with E-state index in [2.05, 4.69) is 277 Å². The second-order valence-corrected chi connectivity index (χ2v) is 56.6. The number of aliphatic imine (C=N–C) groups is 5. The lowest BCUT2D eigenvalue weighted by Gasteiger charge is -2.41. The van der Waals surface area contributed by atoms with Crippen LogP contribution in [0.2, 0.25) is 0 Å². The Kier molecular flexibility index (Phi) is 33.1. The highest BCUT2D eigenvalue weighted by Crippen LogP contribution is 2.51. The Hall–Kier alpha value is -5.84. The normalized spacial score (nSPS) is 24.9. The molecule has 129 heavy (non-hydrogen) atoms. The van der Waals surface area contributed by atoms with E-state index >= 15 is 0 Å². The summed E-state index contributed by atoms with van der Waals surface area (Å²) < 4.78 is 130. The van der Waals surface area contributed by atoms with Gasteiger partial charge in [-0.1, -0.05) is 219 Å². The average molecular weight is 1900 g/mol. The van der Waals surface area contributed by atoms with Crippen molar-refractivity contribution in [1.82, 2.24) is 51.6 Å². The minimum absolute atomic E-state index is 0.0109. The fraction of sp³-hybridized carbons (Fsp3) is 0.779. The zero-order chi connectivity index (χ0) is 99.1. The monoisotopic (exact) mass is 1900 g/mol. The lowest BCUT2D eigenvalue weighted by atomic mass is 9.79. The number of hydrogen-bond acceptors (Lipinski definition) is 24. The molecule has 1 aromatic rings. The lowest BCUT2D eigenvalue weighted by molar-refractivity contribution is -0.0299. The predicted octanol–water partition coefficient (Wildman–Crippen LogP) is 15.4. The summed E-state index contributed by atoms with van der Waals surface area (Å²) in [5.41, 5.74) is 11.6. The van der Waals surface area contributed by atoms with Crippen LogP contribution in [0, 0.1) is 65.5 Å². The van der Waals surface area contributed by atoms with Crippen molar-refractivity contribution in [2.24, 2.45) is 79.1 Å². The van der Waals surface area contributed by atoms with Crippen molar-refractivity contribution in [2.75, 3.05) is 84.0 Å². The fourth-order valence-corrected chi connectivity index (χ4v) is 26.1. The Labute approximate surface area is 780 Å². The number of likely N-dealkylation sites (N-methyl/N-ethyl adjacent to an activating group) is 1. The molecule has 10 aliphatic rings. The first-order valence-electron chi connectivity index (χ1n) is 45.9. The lowest BCUT2D eigenvalue weighted by Crippen LogP contribution is -2.46. The Morgan fingerprint density at radius 3 is 0.899 bits per heavy atom. The van der Waals surface area contributed by atoms with Gasteiger partial charge in [-0.2, -0.15) is 18.2 Å². The number of aromatic nitrogens is 1. The van der Waals surface area contributed by atoms with E-state index < -0.39 is 56.2 Å². The van der Waals surface area contributed by atoms with Crippen LogP contribution < -0.4 is 4.72 Å². The van der Waals surface area contributed by atoms with Crippen LogP contribution in [0.4, 0.5) is 0 Å². The summed E-state index contributed by atoms with van der Waals surface area (Å²) in [5, 5.41) is 28.6. The van der Waals surface area contributed by atoms with E-state index in [1.807, 2.05) is 13.0 Å². The maximum absolute atomic E-state index is 12.8. The third kappa shape index (κ3) is 25.9. The van der Waals surface area contributed by atoms with Gasteiger partial charge in [0, 0.05) is 170 Å². The molecule has 10 atom stereocenters. The molecule has 34 heteroatoms. The van der Waals surface area contributed by atoms with Gasteiger partial charge in [0.05, 0.1) is 74.0 Å².